The van der Waals surface area contributed by atoms with Crippen LogP contribution in [0.3, 0.4) is 0 Å². The van der Waals surface area contributed by atoms with Gasteiger partial charge >= 0.3 is 0 Å². The highest BCUT2D eigenvalue weighted by atomic mass is 79.9. The maximum absolute atomic E-state index is 14.0. The third-order valence-electron chi connectivity index (χ3n) is 3.65. The Bertz CT molecular complexity index is 541. The Morgan fingerprint density at radius 1 is 1.32 bits per heavy atom. The molecule has 1 saturated heterocycles. The topological polar surface area (TPSA) is 51.1 Å². The number of rotatable bonds is 0. The van der Waals surface area contributed by atoms with Crippen LogP contribution in [-0.2, 0) is 4.74 Å². The molecule has 1 aromatic carbocycles. The van der Waals surface area contributed by atoms with Crippen LogP contribution in [0.2, 0.25) is 0 Å². The van der Waals surface area contributed by atoms with E-state index in [2.05, 4.69) is 21.1 Å². The molecule has 1 fully saturated rings. The van der Waals surface area contributed by atoms with Crippen LogP contribution in [0.1, 0.15) is 24.8 Å². The van der Waals surface area contributed by atoms with Crippen molar-refractivity contribution in [3.8, 4) is 5.75 Å². The van der Waals surface area contributed by atoms with Gasteiger partial charge in [-0.05, 0) is 12.1 Å². The second kappa shape index (κ2) is 4.76. The van der Waals surface area contributed by atoms with Crippen LogP contribution >= 0.6 is 15.9 Å². The fourth-order valence-electron chi connectivity index (χ4n) is 2.68. The molecule has 2 aliphatic rings. The van der Waals surface area contributed by atoms with Crippen LogP contribution in [0.5, 0.6) is 5.75 Å². The average Bonchev–Trinajstić information content (AvgIpc) is 2.37. The van der Waals surface area contributed by atoms with Gasteiger partial charge in [0, 0.05) is 23.7 Å². The van der Waals surface area contributed by atoms with E-state index in [0.717, 1.165) is 0 Å². The van der Waals surface area contributed by atoms with Gasteiger partial charge in [0.2, 0.25) is 0 Å². The van der Waals surface area contributed by atoms with Crippen molar-refractivity contribution in [3.05, 3.63) is 28.0 Å². The van der Waals surface area contributed by atoms with Crippen LogP contribution in [0.4, 0.5) is 4.39 Å². The Morgan fingerprint density at radius 3 is 2.74 bits per heavy atom. The molecule has 102 valence electrons. The average molecular weight is 330 g/mol. The number of nitrogens with zero attached hydrogens (tertiary/aromatic N) is 1. The van der Waals surface area contributed by atoms with Crippen molar-refractivity contribution in [2.24, 2.45) is 5.16 Å². The van der Waals surface area contributed by atoms with Crippen LogP contribution in [0.15, 0.2) is 21.8 Å². The van der Waals surface area contributed by atoms with E-state index in [1.807, 2.05) is 0 Å². The summed E-state index contributed by atoms with van der Waals surface area (Å²) in [6.45, 7) is 1.20. The Hall–Kier alpha value is -1.14. The van der Waals surface area contributed by atoms with Gasteiger partial charge in [0.15, 0.2) is 0 Å². The molecule has 2 aliphatic heterocycles. The minimum Gasteiger partial charge on any atom is -0.486 e. The second-order valence-electron chi connectivity index (χ2n) is 4.88. The molecule has 4 nitrogen and oxygen atoms in total. The van der Waals surface area contributed by atoms with Crippen molar-refractivity contribution in [2.45, 2.75) is 24.9 Å². The molecule has 0 radical (unpaired) electrons. The third-order valence-corrected chi connectivity index (χ3v) is 4.11. The Balaban J connectivity index is 2.08. The third kappa shape index (κ3) is 2.23. The fourth-order valence-corrected chi connectivity index (χ4v) is 3.09. The van der Waals surface area contributed by atoms with Gasteiger partial charge in [-0.2, -0.15) is 0 Å². The lowest BCUT2D eigenvalue weighted by molar-refractivity contribution is -0.0448. The summed E-state index contributed by atoms with van der Waals surface area (Å²) in [5, 5.41) is 12.4. The van der Waals surface area contributed by atoms with Gasteiger partial charge in [-0.1, -0.05) is 21.1 Å². The van der Waals surface area contributed by atoms with Gasteiger partial charge in [0.25, 0.3) is 0 Å². The molecule has 1 N–H and O–H groups in total. The van der Waals surface area contributed by atoms with E-state index in [1.165, 1.54) is 6.07 Å². The molecule has 0 saturated carbocycles. The van der Waals surface area contributed by atoms with E-state index in [1.54, 1.807) is 6.07 Å². The molecule has 0 bridgehead atoms. The molecule has 0 unspecified atom stereocenters. The lowest BCUT2D eigenvalue weighted by atomic mass is 9.83. The summed E-state index contributed by atoms with van der Waals surface area (Å²) in [6, 6.07) is 3.05. The highest BCUT2D eigenvalue weighted by molar-refractivity contribution is 9.10. The second-order valence-corrected chi connectivity index (χ2v) is 5.80. The number of ether oxygens (including phenoxy) is 2. The minimum atomic E-state index is -0.445. The van der Waals surface area contributed by atoms with Gasteiger partial charge in [0.05, 0.1) is 24.5 Å². The van der Waals surface area contributed by atoms with Crippen molar-refractivity contribution >= 4 is 21.6 Å². The van der Waals surface area contributed by atoms with Crippen LogP contribution < -0.4 is 4.74 Å². The Labute approximate surface area is 118 Å². The van der Waals surface area contributed by atoms with Crippen molar-refractivity contribution in [1.29, 1.82) is 0 Å². The molecule has 0 atom stereocenters. The predicted octanol–water partition coefficient (Wildman–Crippen LogP) is 3.10. The summed E-state index contributed by atoms with van der Waals surface area (Å²) in [7, 11) is 0. The molecule has 6 heteroatoms. The SMILES string of the molecule is O/N=C1\CC2(CCOCC2)Oc2cc(Br)cc(F)c21. The standard InChI is InChI=1S/C13H13BrFNO3/c14-8-5-9(15)12-10(16-17)7-13(19-11(12)6-8)1-3-18-4-2-13/h5-6,17H,1-4,7H2/b16-10+. The molecule has 0 aromatic heterocycles. The lowest BCUT2D eigenvalue weighted by Crippen LogP contribution is -2.46. The number of benzene rings is 1. The Kier molecular flexibility index (Phi) is 3.22. The number of halogens is 2. The Morgan fingerprint density at radius 2 is 2.05 bits per heavy atom. The van der Waals surface area contributed by atoms with E-state index in [4.69, 9.17) is 14.7 Å². The first kappa shape index (κ1) is 12.9. The lowest BCUT2D eigenvalue weighted by Gasteiger charge is -2.41. The monoisotopic (exact) mass is 329 g/mol. The first-order valence-electron chi connectivity index (χ1n) is 6.11. The van der Waals surface area contributed by atoms with E-state index in [9.17, 15) is 4.39 Å². The van der Waals surface area contributed by atoms with Crippen molar-refractivity contribution in [2.75, 3.05) is 13.2 Å². The van der Waals surface area contributed by atoms with Crippen molar-refractivity contribution < 1.29 is 19.1 Å². The van der Waals surface area contributed by atoms with Gasteiger partial charge in [-0.25, -0.2) is 4.39 Å². The van der Waals surface area contributed by atoms with Crippen LogP contribution in [0, 0.1) is 5.82 Å². The zero-order valence-electron chi connectivity index (χ0n) is 10.2. The predicted molar refractivity (Wildman–Crippen MR) is 70.5 cm³/mol. The number of hydrogen-bond acceptors (Lipinski definition) is 4. The molecule has 0 amide bonds. The van der Waals surface area contributed by atoms with Gasteiger partial charge < -0.3 is 14.7 Å². The van der Waals surface area contributed by atoms with Crippen LogP contribution in [-0.4, -0.2) is 29.7 Å². The summed E-state index contributed by atoms with van der Waals surface area (Å²) in [4.78, 5) is 0. The van der Waals surface area contributed by atoms with E-state index < -0.39 is 11.4 Å². The van der Waals surface area contributed by atoms with Crippen molar-refractivity contribution in [1.82, 2.24) is 0 Å². The van der Waals surface area contributed by atoms with E-state index >= 15 is 0 Å². The quantitative estimate of drug-likeness (QED) is 0.587. The zero-order valence-corrected chi connectivity index (χ0v) is 11.7. The molecule has 2 heterocycles. The first-order valence-corrected chi connectivity index (χ1v) is 6.90. The summed E-state index contributed by atoms with van der Waals surface area (Å²) in [5.41, 5.74) is 0.149. The molecule has 0 aliphatic carbocycles. The highest BCUT2D eigenvalue weighted by Gasteiger charge is 2.42. The molecular weight excluding hydrogens is 317 g/mol. The van der Waals surface area contributed by atoms with Crippen LogP contribution in [0.25, 0.3) is 0 Å². The molecule has 19 heavy (non-hydrogen) atoms. The molecule has 3 rings (SSSR count). The van der Waals surface area contributed by atoms with E-state index in [-0.39, 0.29) is 5.56 Å². The largest absolute Gasteiger partial charge is 0.486 e. The molecule has 1 aromatic rings. The van der Waals surface area contributed by atoms with Crippen molar-refractivity contribution in [3.63, 3.8) is 0 Å². The van der Waals surface area contributed by atoms with E-state index in [0.29, 0.717) is 48.4 Å². The maximum atomic E-state index is 14.0. The fraction of sp³-hybridized carbons (Fsp3) is 0.462. The maximum Gasteiger partial charge on any atom is 0.137 e. The minimum absolute atomic E-state index is 0.253. The number of oxime groups is 1. The number of fused-ring (bicyclic) bond motifs is 1. The van der Waals surface area contributed by atoms with Gasteiger partial charge in [0.1, 0.15) is 17.2 Å². The summed E-state index contributed by atoms with van der Waals surface area (Å²) >= 11 is 3.25. The first-order chi connectivity index (χ1) is 9.13. The normalized spacial score (nSPS) is 23.2. The smallest absolute Gasteiger partial charge is 0.137 e. The highest BCUT2D eigenvalue weighted by Crippen LogP contribution is 2.41. The van der Waals surface area contributed by atoms with Gasteiger partial charge in [-0.3, -0.25) is 0 Å². The number of hydrogen-bond donors (Lipinski definition) is 1. The summed E-state index contributed by atoms with van der Waals surface area (Å²) in [6.07, 6.45) is 1.82. The molecular formula is C13H13BrFNO3. The zero-order chi connectivity index (χ0) is 13.5. The molecule has 1 spiro atoms. The summed E-state index contributed by atoms with van der Waals surface area (Å²) < 4.78 is 25.9. The summed E-state index contributed by atoms with van der Waals surface area (Å²) in [5.74, 6) is -0.0214. The van der Waals surface area contributed by atoms with Gasteiger partial charge in [-0.15, -0.1) is 0 Å².